The zero-order valence-electron chi connectivity index (χ0n) is 17.6. The van der Waals surface area contributed by atoms with Gasteiger partial charge in [-0.05, 0) is 49.4 Å². The minimum atomic E-state index is -0.547. The predicted molar refractivity (Wildman–Crippen MR) is 125 cm³/mol. The summed E-state index contributed by atoms with van der Waals surface area (Å²) in [6, 6.07) is 11.3. The molecule has 1 aromatic carbocycles. The van der Waals surface area contributed by atoms with Crippen LogP contribution >= 0.6 is 22.7 Å². The Morgan fingerprint density at radius 2 is 1.97 bits per heavy atom. The van der Waals surface area contributed by atoms with Crippen LogP contribution in [0.3, 0.4) is 0 Å². The molecule has 0 fully saturated rings. The normalized spacial score (nSPS) is 13.3. The first-order valence-electron chi connectivity index (χ1n) is 9.87. The van der Waals surface area contributed by atoms with Gasteiger partial charge in [0.05, 0.1) is 23.3 Å². The number of thiophene rings is 1. The van der Waals surface area contributed by atoms with E-state index in [1.54, 1.807) is 13.0 Å². The minimum Gasteiger partial charge on any atom is -0.463 e. The molecule has 0 saturated heterocycles. The largest absolute Gasteiger partial charge is 0.463 e. The Morgan fingerprint density at radius 3 is 2.61 bits per heavy atom. The van der Waals surface area contributed by atoms with E-state index >= 15 is 0 Å². The molecule has 1 atom stereocenters. The van der Waals surface area contributed by atoms with Gasteiger partial charge in [-0.25, -0.2) is 4.79 Å². The Morgan fingerprint density at radius 1 is 1.23 bits per heavy atom. The summed E-state index contributed by atoms with van der Waals surface area (Å²) in [5.41, 5.74) is 1.72. The summed E-state index contributed by atoms with van der Waals surface area (Å²) >= 11 is 2.70. The molecule has 1 N–H and O–H groups in total. The molecular formula is C23H24N2O4S2. The van der Waals surface area contributed by atoms with Gasteiger partial charge in [-0.15, -0.1) is 22.7 Å². The van der Waals surface area contributed by atoms with Crippen molar-refractivity contribution in [3.63, 3.8) is 0 Å². The van der Waals surface area contributed by atoms with Crippen LogP contribution < -0.4 is 20.1 Å². The van der Waals surface area contributed by atoms with Gasteiger partial charge in [0.1, 0.15) is 11.2 Å². The smallest absolute Gasteiger partial charge is 0.333 e. The van der Waals surface area contributed by atoms with Crippen molar-refractivity contribution in [3.8, 4) is 0 Å². The first-order valence-corrected chi connectivity index (χ1v) is 11.6. The Balaban J connectivity index is 1.95. The van der Waals surface area contributed by atoms with Gasteiger partial charge in [0.2, 0.25) is 5.91 Å². The molecule has 1 unspecified atom stereocenters. The van der Waals surface area contributed by atoms with E-state index in [-0.39, 0.29) is 30.7 Å². The molecule has 31 heavy (non-hydrogen) atoms. The lowest BCUT2D eigenvalue weighted by Crippen LogP contribution is -2.39. The van der Waals surface area contributed by atoms with Crippen molar-refractivity contribution in [3.05, 3.63) is 77.3 Å². The Kier molecular flexibility index (Phi) is 7.59. The average Bonchev–Trinajstić information content (AvgIpc) is 3.27. The number of rotatable bonds is 7. The lowest BCUT2D eigenvalue weighted by Gasteiger charge is -2.14. The fourth-order valence-electron chi connectivity index (χ4n) is 2.98. The molecule has 0 aliphatic rings. The highest BCUT2D eigenvalue weighted by Crippen LogP contribution is 2.15. The Hall–Kier alpha value is -2.97. The minimum absolute atomic E-state index is 0.186. The van der Waals surface area contributed by atoms with Crippen LogP contribution in [-0.2, 0) is 20.9 Å². The molecule has 162 valence electrons. The molecule has 0 spiro atoms. The number of hydrogen-bond donors (Lipinski definition) is 1. The maximum Gasteiger partial charge on any atom is 0.333 e. The summed E-state index contributed by atoms with van der Waals surface area (Å²) in [5.74, 6) is -0.858. The Bertz CT molecular complexity index is 1240. The number of esters is 1. The summed E-state index contributed by atoms with van der Waals surface area (Å²) in [6.45, 7) is 5.61. The third-order valence-corrected chi connectivity index (χ3v) is 6.63. The van der Waals surface area contributed by atoms with E-state index < -0.39 is 5.97 Å². The van der Waals surface area contributed by atoms with Gasteiger partial charge < -0.3 is 10.1 Å². The lowest BCUT2D eigenvalue weighted by molar-refractivity contribution is -0.135. The van der Waals surface area contributed by atoms with E-state index in [4.69, 9.17) is 4.74 Å². The van der Waals surface area contributed by atoms with Gasteiger partial charge in [0.15, 0.2) is 0 Å². The lowest BCUT2D eigenvalue weighted by atomic mass is 10.1. The summed E-state index contributed by atoms with van der Waals surface area (Å²) in [7, 11) is 0. The van der Waals surface area contributed by atoms with Crippen molar-refractivity contribution in [2.75, 3.05) is 6.61 Å². The zero-order chi connectivity index (χ0) is 22.4. The molecule has 0 aliphatic heterocycles. The van der Waals surface area contributed by atoms with E-state index in [2.05, 4.69) is 5.32 Å². The van der Waals surface area contributed by atoms with Crippen molar-refractivity contribution in [2.45, 2.75) is 33.4 Å². The SMILES string of the molecule is CCOC(=O)/C=c1\s/c(=C\c2sccc2C)c(=O)n1CC(=O)NC(C)c1ccccc1. The molecule has 1 amide bonds. The van der Waals surface area contributed by atoms with Gasteiger partial charge in [0, 0.05) is 4.88 Å². The number of nitrogens with zero attached hydrogens (tertiary/aromatic N) is 1. The van der Waals surface area contributed by atoms with E-state index in [1.807, 2.05) is 55.6 Å². The third-order valence-electron chi connectivity index (χ3n) is 4.61. The number of carbonyl (C=O) groups is 2. The number of nitrogens with one attached hydrogen (secondary N) is 1. The van der Waals surface area contributed by atoms with Crippen LogP contribution in [0.2, 0.25) is 0 Å². The van der Waals surface area contributed by atoms with Gasteiger partial charge >= 0.3 is 5.97 Å². The highest BCUT2D eigenvalue weighted by atomic mass is 32.1. The van der Waals surface area contributed by atoms with E-state index in [0.29, 0.717) is 9.20 Å². The van der Waals surface area contributed by atoms with Crippen molar-refractivity contribution in [1.29, 1.82) is 0 Å². The van der Waals surface area contributed by atoms with E-state index in [1.165, 1.54) is 33.3 Å². The molecule has 3 rings (SSSR count). The predicted octanol–water partition coefficient (Wildman–Crippen LogP) is 2.33. The quantitative estimate of drug-likeness (QED) is 0.554. The number of hydrogen-bond acceptors (Lipinski definition) is 6. The van der Waals surface area contributed by atoms with Gasteiger partial charge in [-0.2, -0.15) is 0 Å². The summed E-state index contributed by atoms with van der Waals surface area (Å²) < 4.78 is 7.16. The Labute approximate surface area is 188 Å². The average molecular weight is 457 g/mol. The molecule has 8 heteroatoms. The second-order valence-corrected chi connectivity index (χ2v) is 8.91. The number of aryl methyl sites for hydroxylation is 1. The first-order chi connectivity index (χ1) is 14.9. The molecule has 6 nitrogen and oxygen atoms in total. The second-order valence-electron chi connectivity index (χ2n) is 6.90. The van der Waals surface area contributed by atoms with E-state index in [0.717, 1.165) is 16.0 Å². The van der Waals surface area contributed by atoms with Crippen LogP contribution in [0.1, 0.15) is 35.9 Å². The molecule has 0 saturated carbocycles. The van der Waals surface area contributed by atoms with Crippen molar-refractivity contribution >= 4 is 46.7 Å². The summed E-state index contributed by atoms with van der Waals surface area (Å²) in [6.07, 6.45) is 3.07. The van der Waals surface area contributed by atoms with Crippen LogP contribution in [0.25, 0.3) is 12.2 Å². The number of ether oxygens (including phenoxy) is 1. The molecule has 0 aliphatic carbocycles. The van der Waals surface area contributed by atoms with Crippen molar-refractivity contribution in [1.82, 2.24) is 9.88 Å². The summed E-state index contributed by atoms with van der Waals surface area (Å²) in [4.78, 5) is 38.7. The topological polar surface area (TPSA) is 77.4 Å². The summed E-state index contributed by atoms with van der Waals surface area (Å²) in [5, 5.41) is 4.87. The number of amides is 1. The maximum absolute atomic E-state index is 13.1. The van der Waals surface area contributed by atoms with Crippen LogP contribution in [0, 0.1) is 6.92 Å². The standard InChI is InChI=1S/C23H24N2O4S2/c1-4-29-22(27)13-21-25(14-20(26)24-16(3)17-8-6-5-7-9-17)23(28)19(31-21)12-18-15(2)10-11-30-18/h5-13,16H,4,14H2,1-3H3,(H,24,26)/b19-12-,21-13-. The fraction of sp³-hybridized carbons (Fsp3) is 0.261. The van der Waals surface area contributed by atoms with E-state index in [9.17, 15) is 14.4 Å². The van der Waals surface area contributed by atoms with Crippen molar-refractivity contribution < 1.29 is 14.3 Å². The molecular weight excluding hydrogens is 432 g/mol. The third kappa shape index (κ3) is 5.80. The number of thiazole rings is 1. The van der Waals surface area contributed by atoms with Gasteiger partial charge in [-0.1, -0.05) is 30.3 Å². The molecule has 0 radical (unpaired) electrons. The van der Waals surface area contributed by atoms with Crippen LogP contribution in [0.5, 0.6) is 0 Å². The molecule has 0 bridgehead atoms. The highest BCUT2D eigenvalue weighted by Gasteiger charge is 2.14. The maximum atomic E-state index is 13.1. The molecule has 2 heterocycles. The van der Waals surface area contributed by atoms with Crippen LogP contribution in [0.4, 0.5) is 0 Å². The fourth-order valence-corrected chi connectivity index (χ4v) is 4.93. The monoisotopic (exact) mass is 456 g/mol. The van der Waals surface area contributed by atoms with Crippen molar-refractivity contribution in [2.24, 2.45) is 0 Å². The van der Waals surface area contributed by atoms with Crippen LogP contribution in [0.15, 0.2) is 46.6 Å². The number of benzene rings is 1. The number of aromatic nitrogens is 1. The second kappa shape index (κ2) is 10.4. The molecule has 2 aromatic heterocycles. The first kappa shape index (κ1) is 22.7. The van der Waals surface area contributed by atoms with Crippen LogP contribution in [-0.4, -0.2) is 23.1 Å². The van der Waals surface area contributed by atoms with Gasteiger partial charge in [-0.3, -0.25) is 14.2 Å². The highest BCUT2D eigenvalue weighted by molar-refractivity contribution is 7.11. The molecule has 3 aromatic rings. The van der Waals surface area contributed by atoms with Gasteiger partial charge in [0.25, 0.3) is 5.56 Å². The zero-order valence-corrected chi connectivity index (χ0v) is 19.2. The number of carbonyl (C=O) groups excluding carboxylic acids is 2.